The Labute approximate surface area is 186 Å². The normalized spacial score (nSPS) is 15.2. The number of thioether (sulfide) groups is 1. The van der Waals surface area contributed by atoms with Gasteiger partial charge in [-0.05, 0) is 63.1 Å². The van der Waals surface area contributed by atoms with E-state index in [0.29, 0.717) is 15.0 Å². The number of benzene rings is 2. The average molecular weight is 441 g/mol. The van der Waals surface area contributed by atoms with Crippen molar-refractivity contribution in [1.29, 1.82) is 0 Å². The van der Waals surface area contributed by atoms with Crippen LogP contribution in [0, 0.1) is 13.8 Å². The first-order valence-electron chi connectivity index (χ1n) is 9.62. The van der Waals surface area contributed by atoms with E-state index in [2.05, 4.69) is 5.32 Å². The lowest BCUT2D eigenvalue weighted by Gasteiger charge is -2.18. The summed E-state index contributed by atoms with van der Waals surface area (Å²) in [5.41, 5.74) is 3.73. The summed E-state index contributed by atoms with van der Waals surface area (Å²) in [5, 5.41) is 2.84. The molecule has 1 aliphatic rings. The Morgan fingerprint density at radius 3 is 2.60 bits per heavy atom. The smallest absolute Gasteiger partial charge is 0.266 e. The molecule has 0 aromatic heterocycles. The number of aryl methyl sites for hydroxylation is 2. The number of carbonyl (C=O) groups excluding carboxylic acids is 2. The molecule has 1 heterocycles. The average Bonchev–Trinajstić information content (AvgIpc) is 2.97. The lowest BCUT2D eigenvalue weighted by Crippen LogP contribution is -2.34. The van der Waals surface area contributed by atoms with Gasteiger partial charge in [0.25, 0.3) is 11.8 Å². The van der Waals surface area contributed by atoms with Crippen LogP contribution in [0.15, 0.2) is 47.4 Å². The van der Waals surface area contributed by atoms with Gasteiger partial charge in [-0.2, -0.15) is 0 Å². The number of hydrogen-bond donors (Lipinski definition) is 1. The van der Waals surface area contributed by atoms with Crippen LogP contribution >= 0.6 is 24.0 Å². The van der Waals surface area contributed by atoms with Crippen molar-refractivity contribution in [3.05, 3.63) is 64.1 Å². The summed E-state index contributed by atoms with van der Waals surface area (Å²) in [7, 11) is 0. The minimum atomic E-state index is -0.251. The number of thiocarbonyl (C=S) groups is 1. The van der Waals surface area contributed by atoms with Crippen molar-refractivity contribution >= 4 is 51.9 Å². The number of anilines is 1. The van der Waals surface area contributed by atoms with Gasteiger partial charge in [-0.3, -0.25) is 14.5 Å². The van der Waals surface area contributed by atoms with Crippen LogP contribution in [0.2, 0.25) is 0 Å². The van der Waals surface area contributed by atoms with Gasteiger partial charge in [-0.15, -0.1) is 0 Å². The highest BCUT2D eigenvalue weighted by atomic mass is 32.2. The molecule has 2 aromatic carbocycles. The van der Waals surface area contributed by atoms with E-state index >= 15 is 0 Å². The van der Waals surface area contributed by atoms with Crippen LogP contribution in [-0.4, -0.2) is 33.7 Å². The zero-order valence-corrected chi connectivity index (χ0v) is 19.0. The molecule has 1 N–H and O–H groups in total. The molecule has 0 saturated carbocycles. The fourth-order valence-electron chi connectivity index (χ4n) is 2.96. The number of carbonyl (C=O) groups is 2. The van der Waals surface area contributed by atoms with E-state index in [1.54, 1.807) is 17.0 Å². The molecule has 30 heavy (non-hydrogen) atoms. The van der Waals surface area contributed by atoms with Crippen molar-refractivity contribution in [1.82, 2.24) is 4.90 Å². The second kappa shape index (κ2) is 9.45. The molecule has 0 atom stereocenters. The molecule has 3 rings (SSSR count). The second-order valence-electron chi connectivity index (χ2n) is 7.32. The lowest BCUT2D eigenvalue weighted by atomic mass is 10.1. The molecule has 1 fully saturated rings. The van der Waals surface area contributed by atoms with Gasteiger partial charge in [-0.25, -0.2) is 0 Å². The topological polar surface area (TPSA) is 58.6 Å². The van der Waals surface area contributed by atoms with Crippen molar-refractivity contribution in [2.45, 2.75) is 33.7 Å². The first-order chi connectivity index (χ1) is 14.3. The fraction of sp³-hybridized carbons (Fsp3) is 0.261. The van der Waals surface area contributed by atoms with Gasteiger partial charge >= 0.3 is 0 Å². The number of ether oxygens (including phenoxy) is 1. The maximum absolute atomic E-state index is 12.6. The molecular weight excluding hydrogens is 416 g/mol. The molecule has 156 valence electrons. The van der Waals surface area contributed by atoms with Gasteiger partial charge in [0.2, 0.25) is 0 Å². The standard InChI is InChI=1S/C23H24N2O3S2/c1-14(2)25-22(27)20(30-23(25)29)12-17-7-5-6-8-19(17)28-13-21(26)24-18-10-9-15(3)16(4)11-18/h5-12,14H,13H2,1-4H3,(H,24,26)/b20-12-. The Kier molecular flexibility index (Phi) is 6.95. The molecule has 1 aliphatic heterocycles. The number of rotatable bonds is 6. The Bertz CT molecular complexity index is 1030. The second-order valence-corrected chi connectivity index (χ2v) is 8.99. The summed E-state index contributed by atoms with van der Waals surface area (Å²) < 4.78 is 6.30. The number of hydrogen-bond acceptors (Lipinski definition) is 5. The molecule has 1 saturated heterocycles. The number of para-hydroxylation sites is 1. The minimum Gasteiger partial charge on any atom is -0.483 e. The molecule has 0 spiro atoms. The monoisotopic (exact) mass is 440 g/mol. The summed E-state index contributed by atoms with van der Waals surface area (Å²) in [6.07, 6.45) is 1.76. The van der Waals surface area contributed by atoms with Crippen LogP contribution in [0.25, 0.3) is 6.08 Å². The summed E-state index contributed by atoms with van der Waals surface area (Å²) in [6, 6.07) is 13.1. The van der Waals surface area contributed by atoms with E-state index in [0.717, 1.165) is 16.8 Å². The third-order valence-corrected chi connectivity index (χ3v) is 6.03. The molecule has 0 aliphatic carbocycles. The summed E-state index contributed by atoms with van der Waals surface area (Å²) >= 11 is 6.60. The van der Waals surface area contributed by atoms with Crippen molar-refractivity contribution in [2.24, 2.45) is 0 Å². The Hall–Kier alpha value is -2.64. The summed E-state index contributed by atoms with van der Waals surface area (Å²) in [4.78, 5) is 27.1. The van der Waals surface area contributed by atoms with Gasteiger partial charge in [0, 0.05) is 17.3 Å². The molecule has 2 amide bonds. The zero-order chi connectivity index (χ0) is 21.8. The van der Waals surface area contributed by atoms with E-state index in [4.69, 9.17) is 17.0 Å². The molecule has 5 nitrogen and oxygen atoms in total. The van der Waals surface area contributed by atoms with Gasteiger partial charge in [0.05, 0.1) is 4.91 Å². The summed E-state index contributed by atoms with van der Waals surface area (Å²) in [5.74, 6) is 0.170. The van der Waals surface area contributed by atoms with Crippen molar-refractivity contribution in [3.63, 3.8) is 0 Å². The fourth-order valence-corrected chi connectivity index (χ4v) is 4.47. The molecule has 0 bridgehead atoms. The third-order valence-electron chi connectivity index (χ3n) is 4.69. The highest BCUT2D eigenvalue weighted by molar-refractivity contribution is 8.26. The SMILES string of the molecule is Cc1ccc(NC(=O)COc2ccccc2/C=C2\SC(=S)N(C(C)C)C2=O)cc1C. The minimum absolute atomic E-state index is 0.00370. The van der Waals surface area contributed by atoms with E-state index in [1.165, 1.54) is 17.3 Å². The van der Waals surface area contributed by atoms with Crippen LogP contribution in [0.1, 0.15) is 30.5 Å². The quantitative estimate of drug-likeness (QED) is 0.510. The van der Waals surface area contributed by atoms with E-state index in [9.17, 15) is 9.59 Å². The Balaban J connectivity index is 1.70. The lowest BCUT2D eigenvalue weighted by molar-refractivity contribution is -0.123. The van der Waals surface area contributed by atoms with Crippen LogP contribution in [0.3, 0.4) is 0 Å². The van der Waals surface area contributed by atoms with Gasteiger partial charge in [0.15, 0.2) is 6.61 Å². The summed E-state index contributed by atoms with van der Waals surface area (Å²) in [6.45, 7) is 7.75. The van der Waals surface area contributed by atoms with Crippen LogP contribution in [0.4, 0.5) is 5.69 Å². The van der Waals surface area contributed by atoms with Gasteiger partial charge < -0.3 is 10.1 Å². The largest absolute Gasteiger partial charge is 0.483 e. The van der Waals surface area contributed by atoms with Crippen molar-refractivity contribution < 1.29 is 14.3 Å². The van der Waals surface area contributed by atoms with Crippen LogP contribution in [0.5, 0.6) is 5.75 Å². The predicted molar refractivity (Wildman–Crippen MR) is 127 cm³/mol. The van der Waals surface area contributed by atoms with E-state index in [1.807, 2.05) is 64.1 Å². The first-order valence-corrected chi connectivity index (χ1v) is 10.8. The van der Waals surface area contributed by atoms with Crippen LogP contribution < -0.4 is 10.1 Å². The zero-order valence-electron chi connectivity index (χ0n) is 17.4. The van der Waals surface area contributed by atoms with Crippen molar-refractivity contribution in [2.75, 3.05) is 11.9 Å². The van der Waals surface area contributed by atoms with E-state index in [-0.39, 0.29) is 24.5 Å². The highest BCUT2D eigenvalue weighted by Crippen LogP contribution is 2.35. The first kappa shape index (κ1) is 22.1. The number of amides is 2. The number of nitrogens with zero attached hydrogens (tertiary/aromatic N) is 1. The van der Waals surface area contributed by atoms with Crippen molar-refractivity contribution in [3.8, 4) is 5.75 Å². The van der Waals surface area contributed by atoms with Gasteiger partial charge in [-0.1, -0.05) is 48.2 Å². The molecule has 2 aromatic rings. The van der Waals surface area contributed by atoms with E-state index < -0.39 is 0 Å². The molecule has 0 unspecified atom stereocenters. The predicted octanol–water partition coefficient (Wildman–Crippen LogP) is 4.93. The highest BCUT2D eigenvalue weighted by Gasteiger charge is 2.33. The number of nitrogens with one attached hydrogen (secondary N) is 1. The molecule has 0 radical (unpaired) electrons. The third kappa shape index (κ3) is 5.09. The molecular formula is C23H24N2O3S2. The van der Waals surface area contributed by atoms with Gasteiger partial charge in [0.1, 0.15) is 10.1 Å². The maximum Gasteiger partial charge on any atom is 0.266 e. The van der Waals surface area contributed by atoms with Crippen LogP contribution in [-0.2, 0) is 9.59 Å². The Morgan fingerprint density at radius 2 is 1.93 bits per heavy atom. The maximum atomic E-state index is 12.6. The Morgan fingerprint density at radius 1 is 1.20 bits per heavy atom. The molecule has 7 heteroatoms.